The van der Waals surface area contributed by atoms with Crippen LogP contribution in [0.15, 0.2) is 36.0 Å². The van der Waals surface area contributed by atoms with Gasteiger partial charge in [-0.1, -0.05) is 28.4 Å². The molecule has 0 bridgehead atoms. The van der Waals surface area contributed by atoms with Gasteiger partial charge in [-0.15, -0.1) is 0 Å². The van der Waals surface area contributed by atoms with Crippen LogP contribution in [-0.2, 0) is 10.4 Å². The number of carbonyl (C=O) groups is 1. The molecular formula is C13H13Cl2N5O2. The lowest BCUT2D eigenvalue weighted by Crippen LogP contribution is -2.28. The summed E-state index contributed by atoms with van der Waals surface area (Å²) in [5.74, 6) is 0. The number of halogens is 2. The predicted octanol–water partition coefficient (Wildman–Crippen LogP) is 3.55. The van der Waals surface area contributed by atoms with Crippen LogP contribution in [0.1, 0.15) is 13.8 Å². The third-order valence-electron chi connectivity index (χ3n) is 2.68. The molecule has 9 heteroatoms. The molecule has 0 spiro atoms. The van der Waals surface area contributed by atoms with Gasteiger partial charge in [0.15, 0.2) is 0 Å². The van der Waals surface area contributed by atoms with Gasteiger partial charge in [-0.2, -0.15) is 5.10 Å². The highest BCUT2D eigenvalue weighted by Gasteiger charge is 2.18. The molecule has 2 rings (SSSR count). The molecule has 0 aliphatic carbocycles. The molecule has 1 aromatic heterocycles. The van der Waals surface area contributed by atoms with Crippen LogP contribution in [0.25, 0.3) is 0 Å². The highest BCUT2D eigenvalue weighted by Crippen LogP contribution is 2.25. The first-order valence-electron chi connectivity index (χ1n) is 6.21. The van der Waals surface area contributed by atoms with Crippen LogP contribution in [-0.4, -0.2) is 27.1 Å². The Balaban J connectivity index is 1.92. The molecule has 1 aromatic carbocycles. The first kappa shape index (κ1) is 16.3. The Hall–Kier alpha value is -2.12. The fraction of sp³-hybridized carbons (Fsp3) is 0.231. The summed E-state index contributed by atoms with van der Waals surface area (Å²) in [5, 5.41) is 10.9. The lowest BCUT2D eigenvalue weighted by atomic mass is 10.1. The molecule has 1 heterocycles. The first-order valence-corrected chi connectivity index (χ1v) is 6.97. The number of aromatic nitrogens is 3. The summed E-state index contributed by atoms with van der Waals surface area (Å²) in [5.41, 5.74) is -0.134. The molecule has 0 saturated carbocycles. The van der Waals surface area contributed by atoms with Crippen molar-refractivity contribution in [1.29, 1.82) is 0 Å². The maximum atomic E-state index is 11.6. The van der Waals surface area contributed by atoms with Crippen molar-refractivity contribution < 1.29 is 9.63 Å². The van der Waals surface area contributed by atoms with E-state index in [9.17, 15) is 4.79 Å². The number of rotatable bonds is 4. The molecule has 0 unspecified atom stereocenters. The normalized spacial score (nSPS) is 11.6. The number of benzene rings is 1. The molecule has 0 radical (unpaired) electrons. The molecule has 1 amide bonds. The third-order valence-corrected chi connectivity index (χ3v) is 3.42. The number of oxime groups is 1. The maximum absolute atomic E-state index is 11.6. The van der Waals surface area contributed by atoms with Crippen molar-refractivity contribution in [3.63, 3.8) is 0 Å². The summed E-state index contributed by atoms with van der Waals surface area (Å²) in [7, 11) is 0. The molecule has 0 atom stereocenters. The summed E-state index contributed by atoms with van der Waals surface area (Å²) in [6.07, 6.45) is 3.65. The van der Waals surface area contributed by atoms with Gasteiger partial charge in [0.1, 0.15) is 12.7 Å². The molecule has 22 heavy (non-hydrogen) atoms. The van der Waals surface area contributed by atoms with Crippen molar-refractivity contribution in [2.75, 3.05) is 5.32 Å². The number of nitrogens with zero attached hydrogens (tertiary/aromatic N) is 4. The van der Waals surface area contributed by atoms with E-state index in [1.165, 1.54) is 18.6 Å². The lowest BCUT2D eigenvalue weighted by molar-refractivity contribution is 0.166. The Morgan fingerprint density at radius 3 is 2.82 bits per heavy atom. The minimum atomic E-state index is -0.746. The average Bonchev–Trinajstić information content (AvgIpc) is 2.97. The van der Waals surface area contributed by atoms with Crippen LogP contribution < -0.4 is 5.32 Å². The highest BCUT2D eigenvalue weighted by atomic mass is 35.5. The smallest absolute Gasteiger partial charge is 0.298 e. The van der Waals surface area contributed by atoms with Crippen molar-refractivity contribution >= 4 is 41.2 Å². The number of carbonyl (C=O) groups excluding carboxylic acids is 1. The van der Waals surface area contributed by atoms with Crippen molar-refractivity contribution in [2.24, 2.45) is 5.16 Å². The summed E-state index contributed by atoms with van der Waals surface area (Å²) in [6.45, 7) is 3.68. The largest absolute Gasteiger partial charge is 0.437 e. The molecule has 2 aromatic rings. The second-order valence-corrected chi connectivity index (χ2v) is 5.68. The zero-order chi connectivity index (χ0) is 16.2. The average molecular weight is 342 g/mol. The number of nitrogens with one attached hydrogen (secondary N) is 1. The summed E-state index contributed by atoms with van der Waals surface area (Å²) in [6, 6.07) is 4.67. The summed E-state index contributed by atoms with van der Waals surface area (Å²) >= 11 is 11.6. The van der Waals surface area contributed by atoms with Crippen molar-refractivity contribution in [1.82, 2.24) is 14.8 Å². The van der Waals surface area contributed by atoms with Crippen LogP contribution in [0.4, 0.5) is 10.5 Å². The van der Waals surface area contributed by atoms with E-state index >= 15 is 0 Å². The number of hydrogen-bond donors (Lipinski definition) is 1. The Morgan fingerprint density at radius 2 is 2.18 bits per heavy atom. The molecule has 7 nitrogen and oxygen atoms in total. The second kappa shape index (κ2) is 6.76. The van der Waals surface area contributed by atoms with E-state index in [0.717, 1.165) is 0 Å². The van der Waals surface area contributed by atoms with Crippen LogP contribution in [0.5, 0.6) is 0 Å². The standard InChI is InChI=1S/C13H13Cl2N5O2/c1-13(2,20-8-16-7-17-20)6-18-22-12(21)19-9-3-4-10(14)11(15)5-9/h3-8H,1-2H3,(H,19,21)/b18-6+. The van der Waals surface area contributed by atoms with E-state index in [0.29, 0.717) is 15.7 Å². The first-order chi connectivity index (χ1) is 10.4. The van der Waals surface area contributed by atoms with Crippen LogP contribution in [0.2, 0.25) is 10.0 Å². The molecular weight excluding hydrogens is 329 g/mol. The van der Waals surface area contributed by atoms with Gasteiger partial charge in [-0.05, 0) is 32.0 Å². The minimum absolute atomic E-state index is 0.329. The molecule has 0 fully saturated rings. The Labute approximate surface area is 136 Å². The van der Waals surface area contributed by atoms with Crippen LogP contribution in [0.3, 0.4) is 0 Å². The van der Waals surface area contributed by atoms with Crippen molar-refractivity contribution in [3.05, 3.63) is 40.9 Å². The second-order valence-electron chi connectivity index (χ2n) is 4.86. The molecule has 1 N–H and O–H groups in total. The Morgan fingerprint density at radius 1 is 1.41 bits per heavy atom. The quantitative estimate of drug-likeness (QED) is 0.523. The van der Waals surface area contributed by atoms with E-state index in [1.54, 1.807) is 23.1 Å². The van der Waals surface area contributed by atoms with Gasteiger partial charge in [0.25, 0.3) is 0 Å². The fourth-order valence-corrected chi connectivity index (χ4v) is 1.78. The Kier molecular flexibility index (Phi) is 4.99. The summed E-state index contributed by atoms with van der Waals surface area (Å²) < 4.78 is 1.58. The number of hydrogen-bond acceptors (Lipinski definition) is 5. The SMILES string of the molecule is CC(C)(/C=N/OC(=O)Nc1ccc(Cl)c(Cl)c1)n1cncn1. The Bertz CT molecular complexity index is 686. The van der Waals surface area contributed by atoms with Gasteiger partial charge in [-0.25, -0.2) is 14.5 Å². The van der Waals surface area contributed by atoms with Crippen molar-refractivity contribution in [3.8, 4) is 0 Å². The minimum Gasteiger partial charge on any atom is -0.298 e. The maximum Gasteiger partial charge on any atom is 0.437 e. The van der Waals surface area contributed by atoms with Gasteiger partial charge in [-0.3, -0.25) is 10.2 Å². The summed E-state index contributed by atoms with van der Waals surface area (Å²) in [4.78, 5) is 20.2. The van der Waals surface area contributed by atoms with E-state index in [-0.39, 0.29) is 0 Å². The van der Waals surface area contributed by atoms with Gasteiger partial charge in [0.2, 0.25) is 0 Å². The number of amides is 1. The predicted molar refractivity (Wildman–Crippen MR) is 84.4 cm³/mol. The van der Waals surface area contributed by atoms with Crippen molar-refractivity contribution in [2.45, 2.75) is 19.4 Å². The molecule has 0 saturated heterocycles. The fourth-order valence-electron chi connectivity index (χ4n) is 1.48. The van der Waals surface area contributed by atoms with E-state index in [1.807, 2.05) is 13.8 Å². The topological polar surface area (TPSA) is 81.4 Å². The van der Waals surface area contributed by atoms with Gasteiger partial charge < -0.3 is 0 Å². The zero-order valence-electron chi connectivity index (χ0n) is 11.8. The monoisotopic (exact) mass is 341 g/mol. The van der Waals surface area contributed by atoms with Crippen LogP contribution >= 0.6 is 23.2 Å². The highest BCUT2D eigenvalue weighted by molar-refractivity contribution is 6.42. The lowest BCUT2D eigenvalue weighted by Gasteiger charge is -2.18. The zero-order valence-corrected chi connectivity index (χ0v) is 13.3. The van der Waals surface area contributed by atoms with Gasteiger partial charge in [0, 0.05) is 5.69 Å². The van der Waals surface area contributed by atoms with Crippen LogP contribution in [0, 0.1) is 0 Å². The van der Waals surface area contributed by atoms with Gasteiger partial charge in [0.05, 0.1) is 21.8 Å². The van der Waals surface area contributed by atoms with Gasteiger partial charge >= 0.3 is 6.09 Å². The third kappa shape index (κ3) is 4.19. The molecule has 116 valence electrons. The van der Waals surface area contributed by atoms with E-state index in [4.69, 9.17) is 28.0 Å². The molecule has 0 aliphatic heterocycles. The van der Waals surface area contributed by atoms with E-state index < -0.39 is 11.6 Å². The molecule has 0 aliphatic rings. The van der Waals surface area contributed by atoms with E-state index in [2.05, 4.69) is 20.6 Å². The number of anilines is 1.